The normalized spacial score (nSPS) is 25.1. The molecule has 1 aromatic rings. The van der Waals surface area contributed by atoms with Crippen LogP contribution in [0.15, 0.2) is 29.2 Å². The minimum Gasteiger partial charge on any atom is -0.207 e. The summed E-state index contributed by atoms with van der Waals surface area (Å²) in [6.45, 7) is 1.93. The molecule has 2 atom stereocenters. The maximum absolute atomic E-state index is 12.1. The van der Waals surface area contributed by atoms with Crippen LogP contribution in [0, 0.1) is 6.92 Å². The fraction of sp³-hybridized carbons (Fsp3) is 0.500. The van der Waals surface area contributed by atoms with Crippen molar-refractivity contribution in [1.29, 1.82) is 0 Å². The second-order valence-electron chi connectivity index (χ2n) is 4.49. The molecule has 0 aliphatic heterocycles. The molecule has 17 heavy (non-hydrogen) atoms. The fourth-order valence-electron chi connectivity index (χ4n) is 2.03. The highest BCUT2D eigenvalue weighted by Crippen LogP contribution is 2.25. The molecule has 94 valence electrons. The van der Waals surface area contributed by atoms with Crippen LogP contribution in [0.3, 0.4) is 0 Å². The third-order valence-electron chi connectivity index (χ3n) is 3.07. The largest absolute Gasteiger partial charge is 0.240 e. The van der Waals surface area contributed by atoms with Crippen molar-refractivity contribution in [1.82, 2.24) is 4.72 Å². The Hall–Kier alpha value is -0.580. The number of alkyl halides is 1. The maximum Gasteiger partial charge on any atom is 0.240 e. The van der Waals surface area contributed by atoms with Crippen LogP contribution < -0.4 is 4.72 Å². The summed E-state index contributed by atoms with van der Waals surface area (Å²) in [6.07, 6.45) is 2.68. The molecule has 0 heterocycles. The predicted octanol–water partition coefficient (Wildman–Crippen LogP) is 2.43. The third-order valence-corrected chi connectivity index (χ3v) is 5.10. The van der Waals surface area contributed by atoms with Gasteiger partial charge in [0.1, 0.15) is 0 Å². The second kappa shape index (κ2) is 4.96. The van der Waals surface area contributed by atoms with Crippen molar-refractivity contribution in [2.24, 2.45) is 0 Å². The lowest BCUT2D eigenvalue weighted by atomic mass is 10.2. The van der Waals surface area contributed by atoms with Crippen LogP contribution in [-0.2, 0) is 10.0 Å². The SMILES string of the molecule is Cc1ccc(S(=O)(=O)N[C@H]2CCC[C@@H]2Cl)cc1. The van der Waals surface area contributed by atoms with E-state index in [0.717, 1.165) is 24.8 Å². The first-order chi connectivity index (χ1) is 7.99. The van der Waals surface area contributed by atoms with Gasteiger partial charge in [-0.25, -0.2) is 13.1 Å². The molecule has 0 spiro atoms. The summed E-state index contributed by atoms with van der Waals surface area (Å²) in [5.74, 6) is 0. The summed E-state index contributed by atoms with van der Waals surface area (Å²) in [5.41, 5.74) is 1.04. The van der Waals surface area contributed by atoms with Gasteiger partial charge >= 0.3 is 0 Å². The van der Waals surface area contributed by atoms with Gasteiger partial charge in [-0.1, -0.05) is 24.1 Å². The van der Waals surface area contributed by atoms with Crippen LogP contribution >= 0.6 is 11.6 Å². The second-order valence-corrected chi connectivity index (χ2v) is 6.76. The molecule has 1 aromatic carbocycles. The van der Waals surface area contributed by atoms with Crippen LogP contribution in [0.1, 0.15) is 24.8 Å². The number of hydrogen-bond acceptors (Lipinski definition) is 2. The van der Waals surface area contributed by atoms with Crippen LogP contribution in [0.25, 0.3) is 0 Å². The Balaban J connectivity index is 2.16. The van der Waals surface area contributed by atoms with Crippen molar-refractivity contribution in [3.8, 4) is 0 Å². The molecule has 1 aliphatic carbocycles. The standard InChI is InChI=1S/C12H16ClNO2S/c1-9-5-7-10(8-6-9)17(15,16)14-12-4-2-3-11(12)13/h5-8,11-12,14H,2-4H2,1H3/t11-,12-/m0/s1. The van der Waals surface area contributed by atoms with Crippen LogP contribution in [0.5, 0.6) is 0 Å². The summed E-state index contributed by atoms with van der Waals surface area (Å²) in [5, 5.41) is -0.0878. The molecule has 5 heteroatoms. The van der Waals surface area contributed by atoms with Gasteiger partial charge in [0.25, 0.3) is 0 Å². The van der Waals surface area contributed by atoms with E-state index in [1.165, 1.54) is 0 Å². The summed E-state index contributed by atoms with van der Waals surface area (Å²) < 4.78 is 26.8. The summed E-state index contributed by atoms with van der Waals surface area (Å²) >= 11 is 6.07. The summed E-state index contributed by atoms with van der Waals surface area (Å²) in [6, 6.07) is 6.69. The molecule has 0 unspecified atom stereocenters. The number of rotatable bonds is 3. The van der Waals surface area contributed by atoms with Crippen LogP contribution in [-0.4, -0.2) is 19.8 Å². The van der Waals surface area contributed by atoms with Crippen molar-refractivity contribution < 1.29 is 8.42 Å². The Labute approximate surface area is 107 Å². The first kappa shape index (κ1) is 12.9. The minimum absolute atomic E-state index is 0.0878. The minimum atomic E-state index is -3.43. The van der Waals surface area contributed by atoms with E-state index in [4.69, 9.17) is 11.6 Å². The molecule has 0 amide bonds. The molecule has 0 aromatic heterocycles. The van der Waals surface area contributed by atoms with E-state index < -0.39 is 10.0 Å². The van der Waals surface area contributed by atoms with Gasteiger partial charge in [0.05, 0.1) is 4.90 Å². The Morgan fingerprint density at radius 3 is 2.41 bits per heavy atom. The van der Waals surface area contributed by atoms with Crippen LogP contribution in [0.2, 0.25) is 0 Å². The van der Waals surface area contributed by atoms with Crippen molar-refractivity contribution in [2.75, 3.05) is 0 Å². The molecular formula is C12H16ClNO2S. The van der Waals surface area contributed by atoms with Gasteiger partial charge in [-0.2, -0.15) is 0 Å². The Morgan fingerprint density at radius 1 is 1.24 bits per heavy atom. The number of sulfonamides is 1. The quantitative estimate of drug-likeness (QED) is 0.860. The van der Waals surface area contributed by atoms with E-state index in [1.54, 1.807) is 24.3 Å². The zero-order chi connectivity index (χ0) is 12.5. The molecule has 1 aliphatic rings. The number of nitrogens with one attached hydrogen (secondary N) is 1. The van der Waals surface area contributed by atoms with Gasteiger partial charge in [0, 0.05) is 11.4 Å². The summed E-state index contributed by atoms with van der Waals surface area (Å²) in [7, 11) is -3.43. The highest BCUT2D eigenvalue weighted by molar-refractivity contribution is 7.89. The lowest BCUT2D eigenvalue weighted by Gasteiger charge is -2.16. The molecule has 1 saturated carbocycles. The van der Waals surface area contributed by atoms with E-state index in [9.17, 15) is 8.42 Å². The van der Waals surface area contributed by atoms with Crippen LogP contribution in [0.4, 0.5) is 0 Å². The lowest BCUT2D eigenvalue weighted by molar-refractivity contribution is 0.554. The molecule has 3 nitrogen and oxygen atoms in total. The van der Waals surface area contributed by atoms with E-state index in [2.05, 4.69) is 4.72 Å². The van der Waals surface area contributed by atoms with Crippen molar-refractivity contribution in [3.63, 3.8) is 0 Å². The third kappa shape index (κ3) is 3.00. The molecule has 0 radical (unpaired) electrons. The molecule has 0 bridgehead atoms. The van der Waals surface area contributed by atoms with Gasteiger partial charge in [0.15, 0.2) is 0 Å². The smallest absolute Gasteiger partial charge is 0.207 e. The van der Waals surface area contributed by atoms with Gasteiger partial charge < -0.3 is 0 Å². The monoisotopic (exact) mass is 273 g/mol. The van der Waals surface area contributed by atoms with Crippen molar-refractivity contribution >= 4 is 21.6 Å². The number of hydrogen-bond donors (Lipinski definition) is 1. The molecular weight excluding hydrogens is 258 g/mol. The fourth-order valence-corrected chi connectivity index (χ4v) is 3.76. The van der Waals surface area contributed by atoms with E-state index in [-0.39, 0.29) is 11.4 Å². The first-order valence-corrected chi connectivity index (χ1v) is 7.64. The number of benzene rings is 1. The Morgan fingerprint density at radius 2 is 1.88 bits per heavy atom. The Kier molecular flexibility index (Phi) is 3.76. The van der Waals surface area contributed by atoms with Crippen molar-refractivity contribution in [3.05, 3.63) is 29.8 Å². The molecule has 2 rings (SSSR count). The van der Waals surface area contributed by atoms with E-state index in [1.807, 2.05) is 6.92 Å². The van der Waals surface area contributed by atoms with Gasteiger partial charge in [-0.05, 0) is 31.9 Å². The summed E-state index contributed by atoms with van der Waals surface area (Å²) in [4.78, 5) is 0.305. The Bertz CT molecular complexity index is 484. The topological polar surface area (TPSA) is 46.2 Å². The first-order valence-electron chi connectivity index (χ1n) is 5.72. The average Bonchev–Trinajstić information content (AvgIpc) is 2.64. The molecule has 1 fully saturated rings. The zero-order valence-electron chi connectivity index (χ0n) is 9.69. The van der Waals surface area contributed by atoms with Gasteiger partial charge in [0.2, 0.25) is 10.0 Å². The maximum atomic E-state index is 12.1. The zero-order valence-corrected chi connectivity index (χ0v) is 11.3. The van der Waals surface area contributed by atoms with Gasteiger partial charge in [-0.3, -0.25) is 0 Å². The number of aryl methyl sites for hydroxylation is 1. The number of halogens is 1. The highest BCUT2D eigenvalue weighted by atomic mass is 35.5. The van der Waals surface area contributed by atoms with Gasteiger partial charge in [-0.15, -0.1) is 11.6 Å². The average molecular weight is 274 g/mol. The van der Waals surface area contributed by atoms with E-state index >= 15 is 0 Å². The predicted molar refractivity (Wildman–Crippen MR) is 68.8 cm³/mol. The molecule has 0 saturated heterocycles. The molecule has 1 N–H and O–H groups in total. The lowest BCUT2D eigenvalue weighted by Crippen LogP contribution is -2.37. The van der Waals surface area contributed by atoms with Crippen molar-refractivity contribution in [2.45, 2.75) is 42.5 Å². The highest BCUT2D eigenvalue weighted by Gasteiger charge is 2.29. The van der Waals surface area contributed by atoms with E-state index in [0.29, 0.717) is 4.90 Å².